The predicted molar refractivity (Wildman–Crippen MR) is 87.4 cm³/mol. The summed E-state index contributed by atoms with van der Waals surface area (Å²) in [4.78, 5) is 33.1. The zero-order chi connectivity index (χ0) is 17.2. The van der Waals surface area contributed by atoms with Crippen molar-refractivity contribution in [2.45, 2.75) is 59.2 Å². The van der Waals surface area contributed by atoms with Gasteiger partial charge in [-0.05, 0) is 41.0 Å². The van der Waals surface area contributed by atoms with E-state index in [1.807, 2.05) is 27.7 Å². The summed E-state index contributed by atoms with van der Waals surface area (Å²) in [7, 11) is 0. The Morgan fingerprint density at radius 1 is 1.48 bits per heavy atom. The monoisotopic (exact) mass is 322 g/mol. The number of ether oxygens (including phenoxy) is 1. The molecule has 1 aliphatic rings. The van der Waals surface area contributed by atoms with E-state index >= 15 is 0 Å². The van der Waals surface area contributed by atoms with Crippen molar-refractivity contribution in [1.82, 2.24) is 20.2 Å². The minimum Gasteiger partial charge on any atom is -0.444 e. The molecule has 0 saturated heterocycles. The van der Waals surface area contributed by atoms with E-state index in [2.05, 4.69) is 20.2 Å². The van der Waals surface area contributed by atoms with Gasteiger partial charge in [0.05, 0.1) is 5.69 Å². The molecular formula is C16H26N4O3. The summed E-state index contributed by atoms with van der Waals surface area (Å²) < 4.78 is 5.26. The summed E-state index contributed by atoms with van der Waals surface area (Å²) >= 11 is 0. The molecule has 0 saturated carbocycles. The Bertz CT molecular complexity index is 633. The maximum absolute atomic E-state index is 11.9. The van der Waals surface area contributed by atoms with Gasteiger partial charge in [0.2, 0.25) is 0 Å². The number of fused-ring (bicyclic) bond motifs is 1. The Morgan fingerprint density at radius 3 is 2.83 bits per heavy atom. The number of carbonyl (C=O) groups excluding carboxylic acids is 1. The van der Waals surface area contributed by atoms with Crippen LogP contribution in [0.2, 0.25) is 0 Å². The quantitative estimate of drug-likeness (QED) is 0.877. The number of H-pyrrole nitrogens is 1. The van der Waals surface area contributed by atoms with Crippen molar-refractivity contribution in [1.29, 1.82) is 0 Å². The highest BCUT2D eigenvalue weighted by molar-refractivity contribution is 5.68. The van der Waals surface area contributed by atoms with E-state index in [4.69, 9.17) is 4.74 Å². The second-order valence-corrected chi connectivity index (χ2v) is 7.11. The van der Waals surface area contributed by atoms with Crippen molar-refractivity contribution in [3.05, 3.63) is 27.4 Å². The van der Waals surface area contributed by atoms with Gasteiger partial charge in [0.25, 0.3) is 5.56 Å². The molecule has 0 aromatic carbocycles. The van der Waals surface area contributed by atoms with Gasteiger partial charge in [-0.1, -0.05) is 0 Å². The second-order valence-electron chi connectivity index (χ2n) is 7.11. The highest BCUT2D eigenvalue weighted by Crippen LogP contribution is 2.14. The summed E-state index contributed by atoms with van der Waals surface area (Å²) in [5.41, 5.74) is 1.07. The molecule has 0 fully saturated rings. The number of amides is 1. The Hall–Kier alpha value is -1.89. The predicted octanol–water partition coefficient (Wildman–Crippen LogP) is 1.35. The van der Waals surface area contributed by atoms with E-state index in [-0.39, 0.29) is 11.6 Å². The summed E-state index contributed by atoms with van der Waals surface area (Å²) in [5.74, 6) is 0.635. The van der Waals surface area contributed by atoms with Crippen LogP contribution in [0.5, 0.6) is 0 Å². The van der Waals surface area contributed by atoms with Crippen LogP contribution in [0.1, 0.15) is 44.8 Å². The number of aromatic amines is 1. The molecule has 1 aromatic heterocycles. The first-order valence-corrected chi connectivity index (χ1v) is 7.94. The fourth-order valence-electron chi connectivity index (χ4n) is 2.72. The van der Waals surface area contributed by atoms with Crippen molar-refractivity contribution in [3.63, 3.8) is 0 Å². The van der Waals surface area contributed by atoms with Gasteiger partial charge < -0.3 is 15.0 Å². The zero-order valence-corrected chi connectivity index (χ0v) is 14.5. The van der Waals surface area contributed by atoms with E-state index in [1.165, 1.54) is 0 Å². The topological polar surface area (TPSA) is 87.3 Å². The van der Waals surface area contributed by atoms with Crippen molar-refractivity contribution < 1.29 is 9.53 Å². The van der Waals surface area contributed by atoms with Gasteiger partial charge in [-0.2, -0.15) is 0 Å². The van der Waals surface area contributed by atoms with Gasteiger partial charge in [-0.25, -0.2) is 9.78 Å². The second kappa shape index (κ2) is 6.70. The molecule has 2 N–H and O–H groups in total. The molecule has 2 rings (SSSR count). The Morgan fingerprint density at radius 2 is 2.17 bits per heavy atom. The minimum atomic E-state index is -0.504. The maximum Gasteiger partial charge on any atom is 0.407 e. The first-order valence-electron chi connectivity index (χ1n) is 7.94. The average molecular weight is 322 g/mol. The fourth-order valence-corrected chi connectivity index (χ4v) is 2.72. The number of nitrogens with one attached hydrogen (secondary N) is 2. The van der Waals surface area contributed by atoms with E-state index in [0.717, 1.165) is 17.8 Å². The number of hydrogen-bond donors (Lipinski definition) is 2. The third-order valence-corrected chi connectivity index (χ3v) is 3.57. The Balaban J connectivity index is 1.92. The lowest BCUT2D eigenvalue weighted by Gasteiger charge is -2.30. The molecule has 23 heavy (non-hydrogen) atoms. The third kappa shape index (κ3) is 5.06. The van der Waals surface area contributed by atoms with Gasteiger partial charge in [0.15, 0.2) is 0 Å². The molecule has 1 aromatic rings. The fraction of sp³-hybridized carbons (Fsp3) is 0.688. The number of aryl methyl sites for hydroxylation is 1. The van der Waals surface area contributed by atoms with Gasteiger partial charge in [0.1, 0.15) is 11.4 Å². The molecule has 128 valence electrons. The average Bonchev–Trinajstić information content (AvgIpc) is 2.34. The van der Waals surface area contributed by atoms with Gasteiger partial charge >= 0.3 is 6.09 Å². The molecule has 1 aliphatic heterocycles. The van der Waals surface area contributed by atoms with E-state index in [9.17, 15) is 9.59 Å². The normalized spacial score (nSPS) is 16.6. The van der Waals surface area contributed by atoms with Crippen molar-refractivity contribution in [3.8, 4) is 0 Å². The lowest BCUT2D eigenvalue weighted by Crippen LogP contribution is -2.46. The van der Waals surface area contributed by atoms with Crippen LogP contribution >= 0.6 is 0 Å². The van der Waals surface area contributed by atoms with E-state index in [0.29, 0.717) is 25.3 Å². The number of aromatic nitrogens is 2. The van der Waals surface area contributed by atoms with Gasteiger partial charge in [-0.15, -0.1) is 0 Å². The maximum atomic E-state index is 11.9. The summed E-state index contributed by atoms with van der Waals surface area (Å²) in [5, 5.41) is 2.84. The van der Waals surface area contributed by atoms with Crippen molar-refractivity contribution in [2.24, 2.45) is 0 Å². The summed E-state index contributed by atoms with van der Waals surface area (Å²) in [6, 6.07) is -0.0468. The van der Waals surface area contributed by atoms with Crippen molar-refractivity contribution >= 4 is 6.09 Å². The van der Waals surface area contributed by atoms with Gasteiger partial charge in [-0.3, -0.25) is 9.69 Å². The molecule has 1 atom stereocenters. The van der Waals surface area contributed by atoms with Crippen LogP contribution in [0.4, 0.5) is 4.79 Å². The molecule has 0 radical (unpaired) electrons. The van der Waals surface area contributed by atoms with Crippen LogP contribution in [0.15, 0.2) is 4.79 Å². The third-order valence-electron chi connectivity index (χ3n) is 3.57. The zero-order valence-electron chi connectivity index (χ0n) is 14.5. The highest BCUT2D eigenvalue weighted by atomic mass is 16.6. The van der Waals surface area contributed by atoms with E-state index in [1.54, 1.807) is 6.92 Å². The molecule has 0 aliphatic carbocycles. The summed E-state index contributed by atoms with van der Waals surface area (Å²) in [6.45, 7) is 11.3. The van der Waals surface area contributed by atoms with Crippen LogP contribution < -0.4 is 10.9 Å². The number of rotatable bonds is 3. The number of hydrogen-bond acceptors (Lipinski definition) is 5. The SMILES string of the molecule is Cc1nc2c(c(=O)[nH]1)CCN(CC(C)NC(=O)OC(C)(C)C)C2. The van der Waals surface area contributed by atoms with Crippen LogP contribution in [-0.4, -0.2) is 45.7 Å². The highest BCUT2D eigenvalue weighted by Gasteiger charge is 2.23. The Labute approximate surface area is 136 Å². The van der Waals surface area contributed by atoms with Crippen LogP contribution in [-0.2, 0) is 17.7 Å². The largest absolute Gasteiger partial charge is 0.444 e. The molecule has 2 heterocycles. The molecule has 0 bridgehead atoms. The molecule has 7 nitrogen and oxygen atoms in total. The molecule has 1 amide bonds. The standard InChI is InChI=1S/C16H26N4O3/c1-10(17-15(22)23-16(3,4)5)8-20-7-6-12-13(9-20)18-11(2)19-14(12)21/h10H,6-9H2,1-5H3,(H,17,22)(H,18,19,21). The van der Waals surface area contributed by atoms with Crippen LogP contribution in [0.25, 0.3) is 0 Å². The molecule has 7 heteroatoms. The lowest BCUT2D eigenvalue weighted by molar-refractivity contribution is 0.0495. The first kappa shape index (κ1) is 17.5. The van der Waals surface area contributed by atoms with Gasteiger partial charge in [0, 0.05) is 31.2 Å². The molecular weight excluding hydrogens is 296 g/mol. The lowest BCUT2D eigenvalue weighted by atomic mass is 10.1. The van der Waals surface area contributed by atoms with Crippen LogP contribution in [0.3, 0.4) is 0 Å². The number of nitrogens with zero attached hydrogens (tertiary/aromatic N) is 2. The summed E-state index contributed by atoms with van der Waals surface area (Å²) in [6.07, 6.45) is 0.268. The van der Waals surface area contributed by atoms with Crippen molar-refractivity contribution in [2.75, 3.05) is 13.1 Å². The molecule has 1 unspecified atom stereocenters. The molecule has 0 spiro atoms. The number of alkyl carbamates (subject to hydrolysis) is 1. The van der Waals surface area contributed by atoms with E-state index < -0.39 is 11.7 Å². The first-order chi connectivity index (χ1) is 10.6. The number of carbonyl (C=O) groups is 1. The Kier molecular flexibility index (Phi) is 5.09. The van der Waals surface area contributed by atoms with Crippen LogP contribution in [0, 0.1) is 6.92 Å². The smallest absolute Gasteiger partial charge is 0.407 e. The minimum absolute atomic E-state index is 0.0351.